The lowest BCUT2D eigenvalue weighted by Crippen LogP contribution is -2.37. The first-order chi connectivity index (χ1) is 9.73. The predicted octanol–water partition coefficient (Wildman–Crippen LogP) is 2.47. The van der Waals surface area contributed by atoms with Crippen LogP contribution in [-0.2, 0) is 13.0 Å². The van der Waals surface area contributed by atoms with Crippen LogP contribution in [0.5, 0.6) is 0 Å². The Morgan fingerprint density at radius 1 is 1.35 bits per heavy atom. The lowest BCUT2D eigenvalue weighted by Gasteiger charge is -2.25. The van der Waals surface area contributed by atoms with Crippen molar-refractivity contribution < 1.29 is 0 Å². The first kappa shape index (κ1) is 15.7. The van der Waals surface area contributed by atoms with E-state index in [1.54, 1.807) is 11.3 Å². The van der Waals surface area contributed by atoms with Crippen molar-refractivity contribution in [1.29, 1.82) is 0 Å². The lowest BCUT2D eigenvalue weighted by molar-refractivity contribution is 0.232. The van der Waals surface area contributed by atoms with E-state index in [0.29, 0.717) is 12.6 Å². The number of aryl methyl sites for hydroxylation is 1. The van der Waals surface area contributed by atoms with Crippen molar-refractivity contribution >= 4 is 16.5 Å². The van der Waals surface area contributed by atoms with Crippen LogP contribution < -0.4 is 10.6 Å². The monoisotopic (exact) mass is 296 g/mol. The molecule has 1 atom stereocenters. The molecule has 0 radical (unpaired) electrons. The largest absolute Gasteiger partial charge is 0.346 e. The fourth-order valence-corrected chi connectivity index (χ4v) is 4.07. The van der Waals surface area contributed by atoms with Gasteiger partial charge in [0.1, 0.15) is 0 Å². The summed E-state index contributed by atoms with van der Waals surface area (Å²) in [5, 5.41) is 1.18. The van der Waals surface area contributed by atoms with Crippen molar-refractivity contribution in [2.45, 2.75) is 52.6 Å². The molecule has 1 aromatic rings. The van der Waals surface area contributed by atoms with E-state index in [1.165, 1.54) is 22.1 Å². The molecule has 1 fully saturated rings. The molecule has 114 valence electrons. The molecule has 0 aliphatic carbocycles. The van der Waals surface area contributed by atoms with E-state index < -0.39 is 0 Å². The topological polar surface area (TPSA) is 45.4 Å². The fraction of sp³-hybridized carbons (Fsp3) is 0.800. The Hall–Kier alpha value is -0.650. The van der Waals surface area contributed by atoms with Crippen LogP contribution in [0.25, 0.3) is 0 Å². The molecule has 20 heavy (non-hydrogen) atoms. The number of thiazole rings is 1. The maximum absolute atomic E-state index is 5.86. The van der Waals surface area contributed by atoms with Gasteiger partial charge in [-0.3, -0.25) is 4.90 Å². The molecule has 2 heterocycles. The van der Waals surface area contributed by atoms with Crippen LogP contribution in [-0.4, -0.2) is 42.1 Å². The van der Waals surface area contributed by atoms with E-state index in [-0.39, 0.29) is 0 Å². The minimum absolute atomic E-state index is 0.625. The van der Waals surface area contributed by atoms with E-state index in [9.17, 15) is 0 Å². The van der Waals surface area contributed by atoms with Crippen molar-refractivity contribution in [2.24, 2.45) is 5.73 Å². The first-order valence-corrected chi connectivity index (χ1v) is 8.72. The van der Waals surface area contributed by atoms with Gasteiger partial charge in [-0.1, -0.05) is 27.2 Å². The number of anilines is 1. The van der Waals surface area contributed by atoms with Gasteiger partial charge in [0, 0.05) is 30.6 Å². The number of aromatic nitrogens is 1. The summed E-state index contributed by atoms with van der Waals surface area (Å²) in [6, 6.07) is 0.685. The number of hydrogen-bond acceptors (Lipinski definition) is 5. The fourth-order valence-electron chi connectivity index (χ4n) is 3.05. The second-order valence-corrected chi connectivity index (χ2v) is 6.49. The van der Waals surface area contributed by atoms with Crippen molar-refractivity contribution in [3.8, 4) is 0 Å². The highest BCUT2D eigenvalue weighted by Crippen LogP contribution is 2.30. The highest BCUT2D eigenvalue weighted by molar-refractivity contribution is 7.15. The highest BCUT2D eigenvalue weighted by atomic mass is 32.1. The molecule has 2 rings (SSSR count). The molecule has 1 aliphatic heterocycles. The molecule has 1 unspecified atom stereocenters. The number of nitrogens with two attached hydrogens (primary N) is 1. The summed E-state index contributed by atoms with van der Waals surface area (Å²) >= 11 is 1.80. The molecule has 1 aromatic heterocycles. The van der Waals surface area contributed by atoms with E-state index in [4.69, 9.17) is 10.7 Å². The van der Waals surface area contributed by atoms with Crippen molar-refractivity contribution in [1.82, 2.24) is 9.88 Å². The van der Waals surface area contributed by atoms with Gasteiger partial charge in [0.2, 0.25) is 0 Å². The Balaban J connectivity index is 2.06. The van der Waals surface area contributed by atoms with Gasteiger partial charge in [0.15, 0.2) is 5.13 Å². The van der Waals surface area contributed by atoms with Crippen LogP contribution >= 0.6 is 11.3 Å². The van der Waals surface area contributed by atoms with Crippen molar-refractivity contribution in [3.63, 3.8) is 0 Å². The van der Waals surface area contributed by atoms with Gasteiger partial charge in [-0.15, -0.1) is 11.3 Å². The Morgan fingerprint density at radius 2 is 2.10 bits per heavy atom. The SMILES string of the molecule is CCCc1nc(N2CCC(N(CC)CC)C2)sc1CN. The number of likely N-dealkylation sites (N-methyl/N-ethyl adjacent to an activating group) is 1. The van der Waals surface area contributed by atoms with Crippen LogP contribution in [0.1, 0.15) is 44.2 Å². The molecular weight excluding hydrogens is 268 g/mol. The summed E-state index contributed by atoms with van der Waals surface area (Å²) in [6.45, 7) is 11.9. The molecule has 0 saturated carbocycles. The normalized spacial score (nSPS) is 19.2. The first-order valence-electron chi connectivity index (χ1n) is 7.91. The zero-order valence-electron chi connectivity index (χ0n) is 13.1. The molecule has 4 nitrogen and oxygen atoms in total. The second-order valence-electron chi connectivity index (χ2n) is 5.43. The van der Waals surface area contributed by atoms with Crippen LogP contribution in [0.3, 0.4) is 0 Å². The lowest BCUT2D eigenvalue weighted by atomic mass is 10.2. The van der Waals surface area contributed by atoms with E-state index in [0.717, 1.165) is 39.0 Å². The zero-order valence-corrected chi connectivity index (χ0v) is 13.9. The molecule has 1 aliphatic rings. The second kappa shape index (κ2) is 7.38. The van der Waals surface area contributed by atoms with Gasteiger partial charge in [-0.25, -0.2) is 4.98 Å². The van der Waals surface area contributed by atoms with Crippen molar-refractivity contribution in [3.05, 3.63) is 10.6 Å². The summed E-state index contributed by atoms with van der Waals surface area (Å²) < 4.78 is 0. The maximum Gasteiger partial charge on any atom is 0.185 e. The van der Waals surface area contributed by atoms with Gasteiger partial charge >= 0.3 is 0 Å². The predicted molar refractivity (Wildman–Crippen MR) is 87.5 cm³/mol. The smallest absolute Gasteiger partial charge is 0.185 e. The standard InChI is InChI=1S/C15H28N4S/c1-4-7-13-14(10-16)20-15(17-13)19-9-8-12(11-19)18(5-2)6-3/h12H,4-11,16H2,1-3H3. The summed E-state index contributed by atoms with van der Waals surface area (Å²) in [6.07, 6.45) is 3.44. The molecule has 5 heteroatoms. The van der Waals surface area contributed by atoms with E-state index in [2.05, 4.69) is 30.6 Å². The third kappa shape index (κ3) is 3.32. The van der Waals surface area contributed by atoms with E-state index in [1.807, 2.05) is 0 Å². The van der Waals surface area contributed by atoms with Crippen LogP contribution in [0, 0.1) is 0 Å². The average molecular weight is 296 g/mol. The summed E-state index contributed by atoms with van der Waals surface area (Å²) in [7, 11) is 0. The highest BCUT2D eigenvalue weighted by Gasteiger charge is 2.28. The molecule has 0 spiro atoms. The molecule has 2 N–H and O–H groups in total. The van der Waals surface area contributed by atoms with Crippen LogP contribution in [0.15, 0.2) is 0 Å². The Bertz CT molecular complexity index is 414. The van der Waals surface area contributed by atoms with Gasteiger partial charge in [-0.2, -0.15) is 0 Å². The zero-order chi connectivity index (χ0) is 14.5. The number of nitrogens with zero attached hydrogens (tertiary/aromatic N) is 3. The Morgan fingerprint density at radius 3 is 2.70 bits per heavy atom. The van der Waals surface area contributed by atoms with Gasteiger partial charge < -0.3 is 10.6 Å². The Kier molecular flexibility index (Phi) is 5.81. The van der Waals surface area contributed by atoms with Crippen LogP contribution in [0.2, 0.25) is 0 Å². The number of rotatable bonds is 7. The summed E-state index contributed by atoms with van der Waals surface area (Å²) in [5.74, 6) is 0. The molecule has 0 amide bonds. The molecule has 0 aromatic carbocycles. The van der Waals surface area contributed by atoms with Gasteiger partial charge in [-0.05, 0) is 25.9 Å². The van der Waals surface area contributed by atoms with E-state index >= 15 is 0 Å². The minimum atomic E-state index is 0.625. The third-order valence-electron chi connectivity index (χ3n) is 4.20. The quantitative estimate of drug-likeness (QED) is 0.839. The molecule has 0 bridgehead atoms. The minimum Gasteiger partial charge on any atom is -0.346 e. The third-order valence-corrected chi connectivity index (χ3v) is 5.38. The summed E-state index contributed by atoms with van der Waals surface area (Å²) in [4.78, 5) is 11.1. The van der Waals surface area contributed by atoms with Gasteiger partial charge in [0.05, 0.1) is 5.69 Å². The number of hydrogen-bond donors (Lipinski definition) is 1. The maximum atomic E-state index is 5.86. The van der Waals surface area contributed by atoms with Crippen molar-refractivity contribution in [2.75, 3.05) is 31.1 Å². The summed E-state index contributed by atoms with van der Waals surface area (Å²) in [5.41, 5.74) is 7.08. The Labute approximate surface area is 127 Å². The average Bonchev–Trinajstić information content (AvgIpc) is 3.07. The molecular formula is C15H28N4S. The molecule has 1 saturated heterocycles. The van der Waals surface area contributed by atoms with Gasteiger partial charge in [0.25, 0.3) is 0 Å². The van der Waals surface area contributed by atoms with Crippen LogP contribution in [0.4, 0.5) is 5.13 Å².